The first kappa shape index (κ1) is 20.0. The maximum Gasteiger partial charge on any atom is 0.211 e. The molecule has 28 heavy (non-hydrogen) atoms. The fraction of sp³-hybridized carbons (Fsp3) is 0.400. The number of rotatable bonds is 6. The summed E-state index contributed by atoms with van der Waals surface area (Å²) in [5, 5.41) is 23.1. The largest absolute Gasteiger partial charge is 0.464 e. The Bertz CT molecular complexity index is 819. The molecule has 0 radical (unpaired) electrons. The lowest BCUT2D eigenvalue weighted by molar-refractivity contribution is -0.193. The van der Waals surface area contributed by atoms with Crippen molar-refractivity contribution in [2.24, 2.45) is 5.11 Å². The van der Waals surface area contributed by atoms with E-state index in [0.29, 0.717) is 17.4 Å². The molecular weight excluding hydrogens is 362 g/mol. The second kappa shape index (κ2) is 8.95. The van der Waals surface area contributed by atoms with E-state index in [1.807, 2.05) is 24.3 Å². The van der Waals surface area contributed by atoms with Crippen LogP contribution in [0.25, 0.3) is 10.4 Å². The van der Waals surface area contributed by atoms with Crippen molar-refractivity contribution in [2.45, 2.75) is 44.3 Å². The first-order chi connectivity index (χ1) is 13.5. The number of aliphatic hydroxyl groups excluding tert-OH is 2. The van der Waals surface area contributed by atoms with Gasteiger partial charge in [-0.25, -0.2) is 0 Å². The van der Waals surface area contributed by atoms with Gasteiger partial charge in [-0.3, -0.25) is 0 Å². The zero-order valence-corrected chi connectivity index (χ0v) is 15.7. The first-order valence-corrected chi connectivity index (χ1v) is 9.04. The van der Waals surface area contributed by atoms with E-state index < -0.39 is 24.5 Å². The molecule has 1 heterocycles. The Labute approximate surface area is 162 Å². The third-order valence-electron chi connectivity index (χ3n) is 4.50. The van der Waals surface area contributed by atoms with Crippen LogP contribution in [0.2, 0.25) is 0 Å². The van der Waals surface area contributed by atoms with Crippen molar-refractivity contribution in [1.82, 2.24) is 0 Å². The van der Waals surface area contributed by atoms with Gasteiger partial charge in [-0.05, 0) is 53.4 Å². The molecule has 0 amide bonds. The van der Waals surface area contributed by atoms with Crippen LogP contribution in [0.3, 0.4) is 0 Å². The van der Waals surface area contributed by atoms with Gasteiger partial charge in [-0.1, -0.05) is 31.1 Å². The van der Waals surface area contributed by atoms with E-state index in [1.54, 1.807) is 24.3 Å². The molecule has 148 valence electrons. The van der Waals surface area contributed by atoms with E-state index in [9.17, 15) is 10.2 Å². The van der Waals surface area contributed by atoms with Crippen molar-refractivity contribution in [3.8, 4) is 17.2 Å². The summed E-state index contributed by atoms with van der Waals surface area (Å²) in [6, 6.07) is 13.7. The SMILES string of the molecule is CC(C)c1ccc(Oc2ccc(O[C@H]3OC[C@H](O)[C@H](O)[C@H]3N=[N+]=[N-])cc2)cc1. The van der Waals surface area contributed by atoms with Crippen LogP contribution in [0.1, 0.15) is 25.3 Å². The summed E-state index contributed by atoms with van der Waals surface area (Å²) in [5.41, 5.74) is 9.91. The van der Waals surface area contributed by atoms with E-state index >= 15 is 0 Å². The summed E-state index contributed by atoms with van der Waals surface area (Å²) in [6.07, 6.45) is -3.39. The number of aliphatic hydroxyl groups is 2. The number of azide groups is 1. The van der Waals surface area contributed by atoms with Crippen LogP contribution in [0.4, 0.5) is 0 Å². The Kier molecular flexibility index (Phi) is 6.38. The second-order valence-electron chi connectivity index (χ2n) is 6.87. The Morgan fingerprint density at radius 2 is 1.61 bits per heavy atom. The molecule has 3 rings (SSSR count). The summed E-state index contributed by atoms with van der Waals surface area (Å²) in [5.74, 6) is 2.28. The molecule has 2 aromatic carbocycles. The van der Waals surface area contributed by atoms with Crippen molar-refractivity contribution in [2.75, 3.05) is 6.61 Å². The Hall–Kier alpha value is -2.77. The molecule has 1 fully saturated rings. The van der Waals surface area contributed by atoms with Gasteiger partial charge in [-0.15, -0.1) is 0 Å². The van der Waals surface area contributed by atoms with Crippen LogP contribution < -0.4 is 9.47 Å². The normalized spacial score (nSPS) is 24.5. The van der Waals surface area contributed by atoms with Crippen LogP contribution >= 0.6 is 0 Å². The molecule has 0 aliphatic carbocycles. The number of ether oxygens (including phenoxy) is 3. The molecule has 4 atom stereocenters. The smallest absolute Gasteiger partial charge is 0.211 e. The van der Waals surface area contributed by atoms with Crippen LogP contribution in [-0.2, 0) is 4.74 Å². The topological polar surface area (TPSA) is 117 Å². The van der Waals surface area contributed by atoms with Crippen molar-refractivity contribution in [1.29, 1.82) is 0 Å². The van der Waals surface area contributed by atoms with Crippen LogP contribution in [0.15, 0.2) is 53.6 Å². The highest BCUT2D eigenvalue weighted by molar-refractivity contribution is 5.36. The lowest BCUT2D eigenvalue weighted by Crippen LogP contribution is -2.53. The number of nitrogens with zero attached hydrogens (tertiary/aromatic N) is 3. The molecule has 0 spiro atoms. The van der Waals surface area contributed by atoms with E-state index in [2.05, 4.69) is 23.9 Å². The fourth-order valence-electron chi connectivity index (χ4n) is 2.84. The van der Waals surface area contributed by atoms with E-state index in [1.165, 1.54) is 5.56 Å². The van der Waals surface area contributed by atoms with Crippen LogP contribution in [0.5, 0.6) is 17.2 Å². The Morgan fingerprint density at radius 1 is 1.04 bits per heavy atom. The van der Waals surface area contributed by atoms with Crippen molar-refractivity contribution < 1.29 is 24.4 Å². The Morgan fingerprint density at radius 3 is 2.18 bits per heavy atom. The molecule has 8 heteroatoms. The molecule has 0 aromatic heterocycles. The average molecular weight is 385 g/mol. The van der Waals surface area contributed by atoms with E-state index in [-0.39, 0.29) is 6.61 Å². The molecule has 8 nitrogen and oxygen atoms in total. The lowest BCUT2D eigenvalue weighted by Gasteiger charge is -2.35. The van der Waals surface area contributed by atoms with Gasteiger partial charge in [0.1, 0.15) is 29.4 Å². The number of hydrogen-bond donors (Lipinski definition) is 2. The molecule has 1 aliphatic rings. The maximum atomic E-state index is 9.98. The minimum absolute atomic E-state index is 0.114. The van der Waals surface area contributed by atoms with Gasteiger partial charge in [0.25, 0.3) is 0 Å². The Balaban J connectivity index is 1.64. The monoisotopic (exact) mass is 385 g/mol. The standard InChI is InChI=1S/C20H23N3O5/c1-12(2)13-3-5-14(6-4-13)27-15-7-9-16(10-8-15)28-20-18(22-23-21)19(25)17(24)11-26-20/h3-10,12,17-20,24-25H,11H2,1-2H3/t17-,18+,19-,20+/m0/s1. The molecule has 1 saturated heterocycles. The molecule has 2 aromatic rings. The maximum absolute atomic E-state index is 9.98. The molecule has 0 bridgehead atoms. The summed E-state index contributed by atoms with van der Waals surface area (Å²) in [4.78, 5) is 2.69. The zero-order chi connectivity index (χ0) is 20.1. The number of benzene rings is 2. The summed E-state index contributed by atoms with van der Waals surface area (Å²) < 4.78 is 16.9. The summed E-state index contributed by atoms with van der Waals surface area (Å²) >= 11 is 0. The van der Waals surface area contributed by atoms with Gasteiger partial charge in [0.05, 0.1) is 12.7 Å². The molecule has 1 aliphatic heterocycles. The first-order valence-electron chi connectivity index (χ1n) is 9.04. The molecule has 2 N–H and O–H groups in total. The fourth-order valence-corrected chi connectivity index (χ4v) is 2.84. The third-order valence-corrected chi connectivity index (χ3v) is 4.50. The van der Waals surface area contributed by atoms with Gasteiger partial charge in [0.15, 0.2) is 0 Å². The minimum atomic E-state index is -1.26. The predicted molar refractivity (Wildman–Crippen MR) is 102 cm³/mol. The van der Waals surface area contributed by atoms with Crippen LogP contribution in [-0.4, -0.2) is 41.4 Å². The predicted octanol–water partition coefficient (Wildman–Crippen LogP) is 3.74. The van der Waals surface area contributed by atoms with E-state index in [0.717, 1.165) is 5.75 Å². The number of hydrogen-bond acceptors (Lipinski definition) is 6. The summed E-state index contributed by atoms with van der Waals surface area (Å²) in [6.45, 7) is 4.16. The molecule has 0 unspecified atom stereocenters. The average Bonchev–Trinajstić information content (AvgIpc) is 2.69. The molecule has 0 saturated carbocycles. The molecular formula is C20H23N3O5. The quantitative estimate of drug-likeness (QED) is 0.446. The highest BCUT2D eigenvalue weighted by Gasteiger charge is 2.39. The van der Waals surface area contributed by atoms with Crippen molar-refractivity contribution in [3.05, 3.63) is 64.5 Å². The van der Waals surface area contributed by atoms with Crippen molar-refractivity contribution >= 4 is 0 Å². The van der Waals surface area contributed by atoms with Crippen molar-refractivity contribution in [3.63, 3.8) is 0 Å². The summed E-state index contributed by atoms with van der Waals surface area (Å²) in [7, 11) is 0. The van der Waals surface area contributed by atoms with Gasteiger partial charge >= 0.3 is 0 Å². The highest BCUT2D eigenvalue weighted by atomic mass is 16.7. The van der Waals surface area contributed by atoms with Gasteiger partial charge in [0, 0.05) is 4.91 Å². The zero-order valence-electron chi connectivity index (χ0n) is 15.7. The van der Waals surface area contributed by atoms with Gasteiger partial charge in [-0.2, -0.15) is 0 Å². The van der Waals surface area contributed by atoms with Gasteiger partial charge in [0.2, 0.25) is 6.29 Å². The minimum Gasteiger partial charge on any atom is -0.464 e. The van der Waals surface area contributed by atoms with Gasteiger partial charge < -0.3 is 24.4 Å². The highest BCUT2D eigenvalue weighted by Crippen LogP contribution is 2.28. The van der Waals surface area contributed by atoms with Crippen LogP contribution in [0, 0.1) is 0 Å². The lowest BCUT2D eigenvalue weighted by atomic mass is 10.0. The third kappa shape index (κ3) is 4.74. The second-order valence-corrected chi connectivity index (χ2v) is 6.87. The van der Waals surface area contributed by atoms with E-state index in [4.69, 9.17) is 19.7 Å².